The summed E-state index contributed by atoms with van der Waals surface area (Å²) in [4.78, 5) is 5.47. The molecule has 0 spiro atoms. The minimum Gasteiger partial charge on any atom is -0.496 e. The number of thiazole rings is 1. The van der Waals surface area contributed by atoms with Crippen molar-refractivity contribution in [1.29, 1.82) is 0 Å². The van der Waals surface area contributed by atoms with Gasteiger partial charge in [-0.15, -0.1) is 11.3 Å². The van der Waals surface area contributed by atoms with Crippen molar-refractivity contribution >= 4 is 17.0 Å². The number of rotatable bonds is 9. The molecule has 0 aliphatic rings. The van der Waals surface area contributed by atoms with Gasteiger partial charge in [-0.1, -0.05) is 24.3 Å². The molecule has 174 valence electrons. The van der Waals surface area contributed by atoms with Gasteiger partial charge in [-0.25, -0.2) is 4.68 Å². The number of hydrogen-bond donors (Lipinski definition) is 0. The van der Waals surface area contributed by atoms with E-state index in [1.165, 1.54) is 11.3 Å². The third kappa shape index (κ3) is 5.28. The minimum absolute atomic E-state index is 0.518. The van der Waals surface area contributed by atoms with Crippen LogP contribution < -0.4 is 23.7 Å². The van der Waals surface area contributed by atoms with Crippen LogP contribution in [0.5, 0.6) is 23.0 Å². The third-order valence-corrected chi connectivity index (χ3v) is 5.74. The summed E-state index contributed by atoms with van der Waals surface area (Å²) in [5, 5.41) is 6.97. The van der Waals surface area contributed by atoms with Crippen molar-refractivity contribution in [3.63, 3.8) is 0 Å². The van der Waals surface area contributed by atoms with Gasteiger partial charge in [0.25, 0.3) is 0 Å². The molecule has 0 saturated carbocycles. The van der Waals surface area contributed by atoms with Crippen LogP contribution in [0, 0.1) is 0 Å². The molecule has 0 atom stereocenters. The van der Waals surface area contributed by atoms with E-state index in [1.54, 1.807) is 28.4 Å². The van der Waals surface area contributed by atoms with E-state index < -0.39 is 0 Å². The summed E-state index contributed by atoms with van der Waals surface area (Å²) in [7, 11) is 6.43. The molecule has 0 fully saturated rings. The first-order valence-corrected chi connectivity index (χ1v) is 11.2. The SMILES string of the molecule is C=C(C)CN=c1scc(-c2ccccc2OC)n1N=C(C)c1cc(OC)c(OC)c(OC)c1. The lowest BCUT2D eigenvalue weighted by atomic mass is 10.1. The van der Waals surface area contributed by atoms with Crippen LogP contribution in [-0.2, 0) is 0 Å². The van der Waals surface area contributed by atoms with Gasteiger partial charge in [0.15, 0.2) is 11.5 Å². The Morgan fingerprint density at radius 3 is 2.15 bits per heavy atom. The van der Waals surface area contributed by atoms with Gasteiger partial charge in [-0.2, -0.15) is 5.10 Å². The van der Waals surface area contributed by atoms with Gasteiger partial charge in [0, 0.05) is 16.5 Å². The lowest BCUT2D eigenvalue weighted by Gasteiger charge is -2.14. The monoisotopic (exact) mass is 467 g/mol. The molecule has 2 aromatic carbocycles. The molecule has 3 rings (SSSR count). The zero-order chi connectivity index (χ0) is 24.0. The Bertz CT molecular complexity index is 1220. The predicted molar refractivity (Wildman–Crippen MR) is 133 cm³/mol. The van der Waals surface area contributed by atoms with Crippen LogP contribution in [0.2, 0.25) is 0 Å². The first kappa shape index (κ1) is 24.1. The molecular formula is C25H29N3O4S. The molecule has 0 N–H and O–H groups in total. The molecule has 8 heteroatoms. The Morgan fingerprint density at radius 2 is 1.58 bits per heavy atom. The third-order valence-electron chi connectivity index (χ3n) is 4.89. The average molecular weight is 468 g/mol. The predicted octanol–water partition coefficient (Wildman–Crippen LogP) is 5.00. The Hall–Kier alpha value is -3.52. The number of methoxy groups -OCH3 is 4. The first-order valence-electron chi connectivity index (χ1n) is 10.3. The first-order chi connectivity index (χ1) is 15.9. The molecule has 1 heterocycles. The van der Waals surface area contributed by atoms with Crippen LogP contribution in [0.25, 0.3) is 11.3 Å². The highest BCUT2D eigenvalue weighted by molar-refractivity contribution is 7.07. The molecule has 7 nitrogen and oxygen atoms in total. The summed E-state index contributed by atoms with van der Waals surface area (Å²) >= 11 is 1.51. The van der Waals surface area contributed by atoms with E-state index >= 15 is 0 Å². The molecule has 1 aromatic heterocycles. The number of hydrogen-bond acceptors (Lipinski definition) is 7. The minimum atomic E-state index is 0.518. The van der Waals surface area contributed by atoms with Gasteiger partial charge in [0.05, 0.1) is 46.4 Å². The average Bonchev–Trinajstić information content (AvgIpc) is 3.23. The normalized spacial score (nSPS) is 11.9. The number of para-hydroxylation sites is 1. The Morgan fingerprint density at radius 1 is 0.939 bits per heavy atom. The van der Waals surface area contributed by atoms with Gasteiger partial charge in [0.1, 0.15) is 5.75 Å². The van der Waals surface area contributed by atoms with Gasteiger partial charge in [-0.3, -0.25) is 4.99 Å². The maximum atomic E-state index is 5.59. The largest absolute Gasteiger partial charge is 0.496 e. The summed E-state index contributed by atoms with van der Waals surface area (Å²) in [6.07, 6.45) is 0. The fourth-order valence-corrected chi connectivity index (χ4v) is 4.07. The lowest BCUT2D eigenvalue weighted by Crippen LogP contribution is -2.15. The summed E-state index contributed by atoms with van der Waals surface area (Å²) in [5.74, 6) is 2.42. The molecule has 0 saturated heterocycles. The Labute approximate surface area is 198 Å². The van der Waals surface area contributed by atoms with E-state index in [1.807, 2.05) is 60.3 Å². The molecule has 0 aliphatic carbocycles. The summed E-state index contributed by atoms with van der Waals surface area (Å²) < 4.78 is 23.9. The molecule has 0 amide bonds. The molecule has 33 heavy (non-hydrogen) atoms. The second kappa shape index (κ2) is 10.9. The Balaban J connectivity index is 2.22. The van der Waals surface area contributed by atoms with Crippen molar-refractivity contribution in [3.8, 4) is 34.3 Å². The number of ether oxygens (including phenoxy) is 4. The second-order valence-corrected chi connectivity index (χ2v) is 8.12. The fraction of sp³-hybridized carbons (Fsp3) is 0.280. The van der Waals surface area contributed by atoms with Crippen LogP contribution in [0.3, 0.4) is 0 Å². The smallest absolute Gasteiger partial charge is 0.206 e. The summed E-state index contributed by atoms with van der Waals surface area (Å²) in [5.41, 5.74) is 4.36. The van der Waals surface area contributed by atoms with E-state index in [4.69, 9.17) is 29.0 Å². The van der Waals surface area contributed by atoms with Gasteiger partial charge in [0.2, 0.25) is 10.6 Å². The van der Waals surface area contributed by atoms with Crippen molar-refractivity contribution in [2.75, 3.05) is 35.0 Å². The quantitative estimate of drug-likeness (QED) is 0.328. The lowest BCUT2D eigenvalue weighted by molar-refractivity contribution is 0.324. The zero-order valence-electron chi connectivity index (χ0n) is 19.8. The number of aromatic nitrogens is 1. The van der Waals surface area contributed by atoms with E-state index in [0.717, 1.165) is 38.7 Å². The fourth-order valence-electron chi connectivity index (χ4n) is 3.25. The molecule has 0 bridgehead atoms. The van der Waals surface area contributed by atoms with Crippen LogP contribution in [0.4, 0.5) is 0 Å². The maximum absolute atomic E-state index is 5.59. The van der Waals surface area contributed by atoms with Gasteiger partial charge >= 0.3 is 0 Å². The van der Waals surface area contributed by atoms with Crippen molar-refractivity contribution in [2.45, 2.75) is 13.8 Å². The topological polar surface area (TPSA) is 66.6 Å². The van der Waals surface area contributed by atoms with E-state index in [9.17, 15) is 0 Å². The van der Waals surface area contributed by atoms with Crippen LogP contribution in [-0.4, -0.2) is 45.4 Å². The molecule has 0 aliphatic heterocycles. The van der Waals surface area contributed by atoms with Gasteiger partial charge in [-0.05, 0) is 38.1 Å². The molecule has 0 unspecified atom stereocenters. The summed E-state index contributed by atoms with van der Waals surface area (Å²) in [6, 6.07) is 11.6. The second-order valence-electron chi connectivity index (χ2n) is 7.29. The standard InChI is InChI=1S/C25H29N3O4S/c1-16(2)14-26-25-28(20(15-33-25)19-10-8-9-11-21(19)29-4)27-17(3)18-12-22(30-5)24(32-7)23(13-18)31-6/h8-13,15H,1,14H2,2-7H3. The van der Waals surface area contributed by atoms with E-state index in [2.05, 4.69) is 6.58 Å². The molecular weight excluding hydrogens is 438 g/mol. The van der Waals surface area contributed by atoms with Crippen LogP contribution >= 0.6 is 11.3 Å². The van der Waals surface area contributed by atoms with Crippen molar-refractivity contribution in [3.05, 3.63) is 64.3 Å². The van der Waals surface area contributed by atoms with Gasteiger partial charge < -0.3 is 18.9 Å². The highest BCUT2D eigenvalue weighted by Crippen LogP contribution is 2.38. The maximum Gasteiger partial charge on any atom is 0.206 e. The van der Waals surface area contributed by atoms with Crippen LogP contribution in [0.15, 0.2) is 64.0 Å². The zero-order valence-corrected chi connectivity index (χ0v) is 20.7. The molecule has 3 aromatic rings. The highest BCUT2D eigenvalue weighted by atomic mass is 32.1. The van der Waals surface area contributed by atoms with E-state index in [0.29, 0.717) is 23.8 Å². The van der Waals surface area contributed by atoms with Crippen molar-refractivity contribution in [2.24, 2.45) is 10.1 Å². The van der Waals surface area contributed by atoms with Crippen molar-refractivity contribution in [1.82, 2.24) is 4.68 Å². The summed E-state index contributed by atoms with van der Waals surface area (Å²) in [6.45, 7) is 8.36. The van der Waals surface area contributed by atoms with Crippen LogP contribution in [0.1, 0.15) is 19.4 Å². The highest BCUT2D eigenvalue weighted by Gasteiger charge is 2.16. The van der Waals surface area contributed by atoms with Crippen molar-refractivity contribution < 1.29 is 18.9 Å². The molecule has 0 radical (unpaired) electrons. The number of benzene rings is 2. The Kier molecular flexibility index (Phi) is 7.95. The van der Waals surface area contributed by atoms with E-state index in [-0.39, 0.29) is 0 Å². The number of nitrogens with zero attached hydrogens (tertiary/aromatic N) is 3.